The molecule has 3 heteroatoms. The maximum Gasteiger partial charge on any atom is 0.206 e. The summed E-state index contributed by atoms with van der Waals surface area (Å²) in [6, 6.07) is 10.0. The van der Waals surface area contributed by atoms with Crippen LogP contribution in [0.15, 0.2) is 35.7 Å². The summed E-state index contributed by atoms with van der Waals surface area (Å²) in [5, 5.41) is 1.89. The molecule has 0 aliphatic heterocycles. The lowest BCUT2D eigenvalue weighted by Crippen LogP contribution is -2.05. The van der Waals surface area contributed by atoms with E-state index >= 15 is 0 Å². The predicted octanol–water partition coefficient (Wildman–Crippen LogP) is 5.04. The minimum atomic E-state index is 0.0528. The molecule has 1 saturated carbocycles. The van der Waals surface area contributed by atoms with Gasteiger partial charge in [0.25, 0.3) is 0 Å². The van der Waals surface area contributed by atoms with Crippen molar-refractivity contribution in [1.82, 2.24) is 0 Å². The molecule has 1 heterocycles. The van der Waals surface area contributed by atoms with E-state index in [-0.39, 0.29) is 5.78 Å². The van der Waals surface area contributed by atoms with Crippen LogP contribution in [-0.2, 0) is 0 Å². The lowest BCUT2D eigenvalue weighted by atomic mass is 9.84. The molecule has 1 aromatic carbocycles. The SMILES string of the molecule is COc1ccsc1C(=O)c1ccc(C2CCCCC2)cc1. The monoisotopic (exact) mass is 300 g/mol. The van der Waals surface area contributed by atoms with Gasteiger partial charge in [-0.1, -0.05) is 43.5 Å². The van der Waals surface area contributed by atoms with Crippen LogP contribution in [-0.4, -0.2) is 12.9 Å². The van der Waals surface area contributed by atoms with E-state index in [4.69, 9.17) is 4.74 Å². The van der Waals surface area contributed by atoms with Gasteiger partial charge in [0.05, 0.1) is 7.11 Å². The van der Waals surface area contributed by atoms with Crippen molar-refractivity contribution in [2.24, 2.45) is 0 Å². The third-order valence-electron chi connectivity index (χ3n) is 4.30. The average Bonchev–Trinajstić information content (AvgIpc) is 3.04. The molecule has 1 aliphatic carbocycles. The summed E-state index contributed by atoms with van der Waals surface area (Å²) in [5.41, 5.74) is 2.12. The highest BCUT2D eigenvalue weighted by atomic mass is 32.1. The van der Waals surface area contributed by atoms with E-state index in [0.717, 1.165) is 5.56 Å². The number of carbonyl (C=O) groups excluding carboxylic acids is 1. The molecule has 0 spiro atoms. The van der Waals surface area contributed by atoms with Crippen LogP contribution in [0.5, 0.6) is 5.75 Å². The van der Waals surface area contributed by atoms with Gasteiger partial charge in [-0.05, 0) is 35.8 Å². The van der Waals surface area contributed by atoms with Crippen LogP contribution in [0, 0.1) is 0 Å². The molecule has 0 amide bonds. The molecule has 3 rings (SSSR count). The topological polar surface area (TPSA) is 26.3 Å². The second kappa shape index (κ2) is 6.44. The number of hydrogen-bond acceptors (Lipinski definition) is 3. The summed E-state index contributed by atoms with van der Waals surface area (Å²) in [6.07, 6.45) is 6.60. The van der Waals surface area contributed by atoms with Crippen LogP contribution < -0.4 is 4.74 Å². The van der Waals surface area contributed by atoms with Gasteiger partial charge in [0.15, 0.2) is 0 Å². The van der Waals surface area contributed by atoms with Gasteiger partial charge in [0, 0.05) is 5.56 Å². The summed E-state index contributed by atoms with van der Waals surface area (Å²) < 4.78 is 5.24. The lowest BCUT2D eigenvalue weighted by molar-refractivity contribution is 0.104. The molecular weight excluding hydrogens is 280 g/mol. The van der Waals surface area contributed by atoms with Crippen LogP contribution in [0.25, 0.3) is 0 Å². The van der Waals surface area contributed by atoms with Crippen molar-refractivity contribution in [2.45, 2.75) is 38.0 Å². The van der Waals surface area contributed by atoms with E-state index < -0.39 is 0 Å². The normalized spacial score (nSPS) is 15.9. The number of methoxy groups -OCH3 is 1. The first kappa shape index (κ1) is 14.3. The van der Waals surface area contributed by atoms with Gasteiger partial charge in [-0.2, -0.15) is 0 Å². The second-order valence-corrected chi connectivity index (χ2v) is 6.52. The van der Waals surface area contributed by atoms with E-state index in [1.54, 1.807) is 7.11 Å². The van der Waals surface area contributed by atoms with E-state index in [2.05, 4.69) is 12.1 Å². The summed E-state index contributed by atoms with van der Waals surface area (Å²) in [7, 11) is 1.60. The maximum atomic E-state index is 12.5. The van der Waals surface area contributed by atoms with Gasteiger partial charge in [-0.25, -0.2) is 0 Å². The molecule has 0 radical (unpaired) electrons. The Balaban J connectivity index is 1.79. The highest BCUT2D eigenvalue weighted by Crippen LogP contribution is 2.33. The first-order chi connectivity index (χ1) is 10.3. The Labute approximate surface area is 129 Å². The Morgan fingerprint density at radius 3 is 2.48 bits per heavy atom. The lowest BCUT2D eigenvalue weighted by Gasteiger charge is -2.22. The Hall–Kier alpha value is -1.61. The summed E-state index contributed by atoms with van der Waals surface area (Å²) in [4.78, 5) is 13.2. The Morgan fingerprint density at radius 1 is 1.10 bits per heavy atom. The fourth-order valence-electron chi connectivity index (χ4n) is 3.10. The molecule has 0 saturated heterocycles. The molecule has 1 fully saturated rings. The zero-order valence-corrected chi connectivity index (χ0v) is 13.1. The van der Waals surface area contributed by atoms with Gasteiger partial charge >= 0.3 is 0 Å². The van der Waals surface area contributed by atoms with E-state index in [1.165, 1.54) is 49.0 Å². The van der Waals surface area contributed by atoms with E-state index in [9.17, 15) is 4.79 Å². The van der Waals surface area contributed by atoms with Crippen LogP contribution in [0.1, 0.15) is 58.8 Å². The molecule has 2 nitrogen and oxygen atoms in total. The van der Waals surface area contributed by atoms with Crippen LogP contribution in [0.3, 0.4) is 0 Å². The largest absolute Gasteiger partial charge is 0.495 e. The zero-order chi connectivity index (χ0) is 14.7. The quantitative estimate of drug-likeness (QED) is 0.740. The molecule has 21 heavy (non-hydrogen) atoms. The highest BCUT2D eigenvalue weighted by molar-refractivity contribution is 7.12. The minimum absolute atomic E-state index is 0.0528. The van der Waals surface area contributed by atoms with Crippen molar-refractivity contribution >= 4 is 17.1 Å². The van der Waals surface area contributed by atoms with Crippen LogP contribution >= 0.6 is 11.3 Å². The summed E-state index contributed by atoms with van der Waals surface area (Å²) in [6.45, 7) is 0. The number of thiophene rings is 1. The minimum Gasteiger partial charge on any atom is -0.495 e. The van der Waals surface area contributed by atoms with Crippen LogP contribution in [0.2, 0.25) is 0 Å². The molecule has 1 aliphatic rings. The van der Waals surface area contributed by atoms with Crippen LogP contribution in [0.4, 0.5) is 0 Å². The van der Waals surface area contributed by atoms with Gasteiger partial charge in [-0.15, -0.1) is 11.3 Å². The number of ketones is 1. The third-order valence-corrected chi connectivity index (χ3v) is 5.20. The number of hydrogen-bond donors (Lipinski definition) is 0. The Kier molecular flexibility index (Phi) is 4.39. The summed E-state index contributed by atoms with van der Waals surface area (Å²) in [5.74, 6) is 1.40. The summed E-state index contributed by atoms with van der Waals surface area (Å²) >= 11 is 1.43. The fourth-order valence-corrected chi connectivity index (χ4v) is 3.92. The fraction of sp³-hybridized carbons (Fsp3) is 0.389. The first-order valence-electron chi connectivity index (χ1n) is 7.55. The Morgan fingerprint density at radius 2 is 1.81 bits per heavy atom. The standard InChI is InChI=1S/C18H20O2S/c1-20-16-11-12-21-18(16)17(19)15-9-7-14(8-10-15)13-5-3-2-4-6-13/h7-13H,2-6H2,1H3. The van der Waals surface area contributed by atoms with Gasteiger partial charge < -0.3 is 4.74 Å². The van der Waals surface area contributed by atoms with E-state index in [1.807, 2.05) is 23.6 Å². The van der Waals surface area contributed by atoms with Gasteiger partial charge in [0.1, 0.15) is 10.6 Å². The van der Waals surface area contributed by atoms with E-state index in [0.29, 0.717) is 16.5 Å². The number of benzene rings is 1. The van der Waals surface area contributed by atoms with Crippen molar-refractivity contribution in [3.05, 3.63) is 51.7 Å². The molecule has 0 N–H and O–H groups in total. The van der Waals surface area contributed by atoms with Crippen molar-refractivity contribution in [3.63, 3.8) is 0 Å². The van der Waals surface area contributed by atoms with Crippen molar-refractivity contribution in [1.29, 1.82) is 0 Å². The number of ether oxygens (including phenoxy) is 1. The van der Waals surface area contributed by atoms with Gasteiger partial charge in [0.2, 0.25) is 5.78 Å². The molecule has 0 bridgehead atoms. The van der Waals surface area contributed by atoms with Crippen molar-refractivity contribution in [2.75, 3.05) is 7.11 Å². The zero-order valence-electron chi connectivity index (χ0n) is 12.3. The maximum absolute atomic E-state index is 12.5. The highest BCUT2D eigenvalue weighted by Gasteiger charge is 2.18. The second-order valence-electron chi connectivity index (χ2n) is 5.60. The molecule has 0 unspecified atom stereocenters. The Bertz CT molecular complexity index is 606. The number of rotatable bonds is 4. The molecule has 110 valence electrons. The molecule has 1 aromatic heterocycles. The smallest absolute Gasteiger partial charge is 0.206 e. The molecular formula is C18H20O2S. The van der Waals surface area contributed by atoms with Gasteiger partial charge in [-0.3, -0.25) is 4.79 Å². The third kappa shape index (κ3) is 3.03. The first-order valence-corrected chi connectivity index (χ1v) is 8.43. The number of carbonyl (C=O) groups is 1. The predicted molar refractivity (Wildman–Crippen MR) is 86.6 cm³/mol. The molecule has 0 atom stereocenters. The average molecular weight is 300 g/mol. The van der Waals surface area contributed by atoms with Crippen molar-refractivity contribution in [3.8, 4) is 5.75 Å². The van der Waals surface area contributed by atoms with Crippen molar-refractivity contribution < 1.29 is 9.53 Å². The molecule has 2 aromatic rings.